The molecular weight excluding hydrogens is 358 g/mol. The number of nitrogens with one attached hydrogen (secondary N) is 1. The molecule has 0 bridgehead atoms. The van der Waals surface area contributed by atoms with E-state index in [1.54, 1.807) is 37.3 Å². The summed E-state index contributed by atoms with van der Waals surface area (Å²) in [5.41, 5.74) is 0.861. The Bertz CT molecular complexity index is 910. The summed E-state index contributed by atoms with van der Waals surface area (Å²) in [7, 11) is 0. The monoisotopic (exact) mass is 383 g/mol. The topological polar surface area (TPSA) is 92.5 Å². The van der Waals surface area contributed by atoms with Crippen LogP contribution in [0, 0.1) is 0 Å². The molecule has 0 unspecified atom stereocenters. The molecule has 2 amide bonds. The van der Waals surface area contributed by atoms with Gasteiger partial charge in [0.1, 0.15) is 11.8 Å². The van der Waals surface area contributed by atoms with Crippen molar-refractivity contribution in [3.8, 4) is 0 Å². The number of aromatic nitrogens is 1. The molecular formula is C21H25N3O4. The van der Waals surface area contributed by atoms with Crippen molar-refractivity contribution in [1.82, 2.24) is 5.16 Å². The Morgan fingerprint density at radius 1 is 1.29 bits per heavy atom. The third-order valence-corrected chi connectivity index (χ3v) is 4.78. The van der Waals surface area contributed by atoms with E-state index in [9.17, 15) is 14.4 Å². The number of ketones is 1. The number of benzene rings is 1. The molecule has 28 heavy (non-hydrogen) atoms. The van der Waals surface area contributed by atoms with Crippen LogP contribution in [-0.4, -0.2) is 28.8 Å². The number of anilines is 2. The van der Waals surface area contributed by atoms with Crippen molar-refractivity contribution in [2.24, 2.45) is 0 Å². The molecule has 1 aromatic heterocycles. The molecule has 148 valence electrons. The highest BCUT2D eigenvalue weighted by molar-refractivity contribution is 6.08. The number of nitrogens with zero attached hydrogens (tertiary/aromatic N) is 2. The molecule has 2 heterocycles. The van der Waals surface area contributed by atoms with Gasteiger partial charge in [-0.25, -0.2) is 0 Å². The maximum absolute atomic E-state index is 12.8. The average molecular weight is 383 g/mol. The molecule has 0 spiro atoms. The van der Waals surface area contributed by atoms with E-state index in [0.717, 1.165) is 0 Å². The summed E-state index contributed by atoms with van der Waals surface area (Å²) in [6.45, 7) is 7.75. The molecule has 7 heteroatoms. The van der Waals surface area contributed by atoms with Crippen LogP contribution in [0.25, 0.3) is 0 Å². The van der Waals surface area contributed by atoms with Gasteiger partial charge < -0.3 is 9.84 Å². The molecule has 0 aliphatic carbocycles. The van der Waals surface area contributed by atoms with Crippen molar-refractivity contribution in [1.29, 1.82) is 0 Å². The Kier molecular flexibility index (Phi) is 5.36. The minimum absolute atomic E-state index is 0.00759. The largest absolute Gasteiger partial charge is 0.359 e. The summed E-state index contributed by atoms with van der Waals surface area (Å²) >= 11 is 0. The number of carbonyl (C=O) groups is 3. The highest BCUT2D eigenvalue weighted by Gasteiger charge is 2.37. The van der Waals surface area contributed by atoms with Gasteiger partial charge in [0.25, 0.3) is 0 Å². The SMILES string of the molecule is CCC(=O)c1cccc(N2C(=O)CC[C@H]2C(=O)Nc2cc(C(C)(C)C)on2)c1. The average Bonchev–Trinajstić information content (AvgIpc) is 3.27. The first kappa shape index (κ1) is 19.8. The predicted octanol–water partition coefficient (Wildman–Crippen LogP) is 3.70. The van der Waals surface area contributed by atoms with E-state index >= 15 is 0 Å². The molecule has 1 aromatic carbocycles. The molecule has 1 fully saturated rings. The lowest BCUT2D eigenvalue weighted by Gasteiger charge is -2.24. The molecule has 0 saturated carbocycles. The van der Waals surface area contributed by atoms with Crippen LogP contribution in [0.2, 0.25) is 0 Å². The minimum atomic E-state index is -0.658. The van der Waals surface area contributed by atoms with E-state index in [4.69, 9.17) is 4.52 Å². The van der Waals surface area contributed by atoms with Gasteiger partial charge in [-0.1, -0.05) is 45.0 Å². The summed E-state index contributed by atoms with van der Waals surface area (Å²) < 4.78 is 5.30. The molecule has 2 aromatic rings. The van der Waals surface area contributed by atoms with Crippen molar-refractivity contribution in [2.45, 2.75) is 58.4 Å². The standard InChI is InChI=1S/C21H25N3O4/c1-5-16(25)13-7-6-8-14(11-13)24-15(9-10-19(24)26)20(27)22-18-12-17(28-23-18)21(2,3)4/h6-8,11-12,15H,5,9-10H2,1-4H3,(H,22,23,27)/t15-/m0/s1. The summed E-state index contributed by atoms with van der Waals surface area (Å²) in [6, 6.07) is 7.89. The van der Waals surface area contributed by atoms with E-state index in [1.807, 2.05) is 20.8 Å². The lowest BCUT2D eigenvalue weighted by molar-refractivity contribution is -0.120. The fourth-order valence-electron chi connectivity index (χ4n) is 3.19. The first-order chi connectivity index (χ1) is 13.2. The van der Waals surface area contributed by atoms with Crippen molar-refractivity contribution in [2.75, 3.05) is 10.2 Å². The van der Waals surface area contributed by atoms with E-state index in [0.29, 0.717) is 35.7 Å². The highest BCUT2D eigenvalue weighted by atomic mass is 16.5. The first-order valence-electron chi connectivity index (χ1n) is 9.44. The van der Waals surface area contributed by atoms with Gasteiger partial charge in [-0.15, -0.1) is 0 Å². The molecule has 1 saturated heterocycles. The van der Waals surface area contributed by atoms with Crippen LogP contribution in [0.3, 0.4) is 0 Å². The van der Waals surface area contributed by atoms with E-state index in [2.05, 4.69) is 10.5 Å². The fourth-order valence-corrected chi connectivity index (χ4v) is 3.19. The van der Waals surface area contributed by atoms with Crippen molar-refractivity contribution in [3.05, 3.63) is 41.7 Å². The Labute approximate surface area is 164 Å². The number of amides is 2. The Hall–Kier alpha value is -2.96. The van der Waals surface area contributed by atoms with Crippen LogP contribution in [-0.2, 0) is 15.0 Å². The summed E-state index contributed by atoms with van der Waals surface area (Å²) in [4.78, 5) is 38.7. The van der Waals surface area contributed by atoms with Crippen LogP contribution in [0.4, 0.5) is 11.5 Å². The number of carbonyl (C=O) groups excluding carboxylic acids is 3. The van der Waals surface area contributed by atoms with Crippen LogP contribution in [0.15, 0.2) is 34.9 Å². The molecule has 3 rings (SSSR count). The third kappa shape index (κ3) is 3.98. The van der Waals surface area contributed by atoms with Crippen LogP contribution in [0.1, 0.15) is 63.1 Å². The predicted molar refractivity (Wildman–Crippen MR) is 105 cm³/mol. The quantitative estimate of drug-likeness (QED) is 0.795. The zero-order valence-corrected chi connectivity index (χ0v) is 16.6. The molecule has 1 aliphatic heterocycles. The molecule has 1 N–H and O–H groups in total. The van der Waals surface area contributed by atoms with Gasteiger partial charge in [-0.2, -0.15) is 0 Å². The number of rotatable bonds is 5. The first-order valence-corrected chi connectivity index (χ1v) is 9.44. The van der Waals surface area contributed by atoms with Crippen molar-refractivity contribution >= 4 is 29.1 Å². The molecule has 0 radical (unpaired) electrons. The maximum atomic E-state index is 12.8. The second-order valence-electron chi connectivity index (χ2n) is 7.96. The van der Waals surface area contributed by atoms with Crippen molar-refractivity contribution in [3.63, 3.8) is 0 Å². The highest BCUT2D eigenvalue weighted by Crippen LogP contribution is 2.29. The second kappa shape index (κ2) is 7.58. The third-order valence-electron chi connectivity index (χ3n) is 4.78. The normalized spacial score (nSPS) is 17.1. The summed E-state index contributed by atoms with van der Waals surface area (Å²) in [6.07, 6.45) is 1.06. The zero-order chi connectivity index (χ0) is 20.5. The fraction of sp³-hybridized carbons (Fsp3) is 0.429. The Balaban J connectivity index is 1.81. The maximum Gasteiger partial charge on any atom is 0.248 e. The van der Waals surface area contributed by atoms with Gasteiger partial charge in [0.15, 0.2) is 11.6 Å². The summed E-state index contributed by atoms with van der Waals surface area (Å²) in [5, 5.41) is 6.64. The van der Waals surface area contributed by atoms with Gasteiger partial charge in [0.2, 0.25) is 11.8 Å². The Morgan fingerprint density at radius 2 is 2.04 bits per heavy atom. The van der Waals surface area contributed by atoms with E-state index < -0.39 is 6.04 Å². The van der Waals surface area contributed by atoms with Crippen LogP contribution >= 0.6 is 0 Å². The van der Waals surface area contributed by atoms with Gasteiger partial charge in [-0.05, 0) is 18.6 Å². The number of hydrogen-bond donors (Lipinski definition) is 1. The number of Topliss-reactive ketones (excluding diaryl/α,β-unsaturated/α-hetero) is 1. The van der Waals surface area contributed by atoms with Crippen molar-refractivity contribution < 1.29 is 18.9 Å². The lowest BCUT2D eigenvalue weighted by Crippen LogP contribution is -2.41. The second-order valence-corrected chi connectivity index (χ2v) is 7.96. The summed E-state index contributed by atoms with van der Waals surface area (Å²) in [5.74, 6) is 0.507. The minimum Gasteiger partial charge on any atom is -0.359 e. The number of hydrogen-bond acceptors (Lipinski definition) is 5. The molecule has 7 nitrogen and oxygen atoms in total. The lowest BCUT2D eigenvalue weighted by atomic mass is 9.93. The Morgan fingerprint density at radius 3 is 2.68 bits per heavy atom. The van der Waals surface area contributed by atoms with Gasteiger partial charge in [0, 0.05) is 35.6 Å². The van der Waals surface area contributed by atoms with E-state index in [1.165, 1.54) is 4.90 Å². The van der Waals surface area contributed by atoms with Crippen LogP contribution < -0.4 is 10.2 Å². The smallest absolute Gasteiger partial charge is 0.248 e. The molecule has 1 atom stereocenters. The van der Waals surface area contributed by atoms with Gasteiger partial charge in [0.05, 0.1) is 0 Å². The zero-order valence-electron chi connectivity index (χ0n) is 16.6. The van der Waals surface area contributed by atoms with E-state index in [-0.39, 0.29) is 29.4 Å². The molecule has 1 aliphatic rings. The van der Waals surface area contributed by atoms with Crippen LogP contribution in [0.5, 0.6) is 0 Å². The van der Waals surface area contributed by atoms with Gasteiger partial charge in [-0.3, -0.25) is 19.3 Å². The van der Waals surface area contributed by atoms with Gasteiger partial charge >= 0.3 is 0 Å².